The minimum atomic E-state index is -0.528. The molecular formula is C17H17NO3. The summed E-state index contributed by atoms with van der Waals surface area (Å²) in [6.07, 6.45) is 0.922. The summed E-state index contributed by atoms with van der Waals surface area (Å²) in [6, 6.07) is 12.6. The number of phenolic OH excluding ortho intramolecular Hbond substituents is 1. The molecule has 1 aliphatic rings. The van der Waals surface area contributed by atoms with Crippen LogP contribution in [0.2, 0.25) is 0 Å². The SMILES string of the molecule is Cc1ccc2c(c1)CCC(C(=O)Nc1ccccc1O)O2. The standard InChI is InChI=1S/C17H17NO3/c1-11-6-8-15-12(10-11)7-9-16(21-15)17(20)18-13-4-2-3-5-14(13)19/h2-6,8,10,16,19H,7,9H2,1H3,(H,18,20). The molecule has 108 valence electrons. The summed E-state index contributed by atoms with van der Waals surface area (Å²) in [4.78, 5) is 12.2. The number of fused-ring (bicyclic) bond motifs is 1. The van der Waals surface area contributed by atoms with Crippen molar-refractivity contribution in [2.24, 2.45) is 0 Å². The summed E-state index contributed by atoms with van der Waals surface area (Å²) in [6.45, 7) is 2.04. The lowest BCUT2D eigenvalue weighted by Crippen LogP contribution is -2.35. The number of aryl methyl sites for hydroxylation is 2. The van der Waals surface area contributed by atoms with Crippen LogP contribution in [0.4, 0.5) is 5.69 Å². The quantitative estimate of drug-likeness (QED) is 0.833. The van der Waals surface area contributed by atoms with E-state index in [9.17, 15) is 9.90 Å². The van der Waals surface area contributed by atoms with E-state index >= 15 is 0 Å². The normalized spacial score (nSPS) is 16.7. The molecule has 1 heterocycles. The summed E-state index contributed by atoms with van der Waals surface area (Å²) in [5.74, 6) is 0.588. The fourth-order valence-corrected chi connectivity index (χ4v) is 2.49. The number of para-hydroxylation sites is 2. The number of hydrogen-bond acceptors (Lipinski definition) is 3. The molecule has 4 heteroatoms. The Hall–Kier alpha value is -2.49. The van der Waals surface area contributed by atoms with Gasteiger partial charge < -0.3 is 15.2 Å². The Kier molecular flexibility index (Phi) is 3.52. The molecule has 0 saturated carbocycles. The van der Waals surface area contributed by atoms with Crippen LogP contribution < -0.4 is 10.1 Å². The summed E-state index contributed by atoms with van der Waals surface area (Å²) >= 11 is 0. The van der Waals surface area contributed by atoms with Gasteiger partial charge in [0.1, 0.15) is 11.5 Å². The highest BCUT2D eigenvalue weighted by molar-refractivity contribution is 5.95. The molecule has 1 unspecified atom stereocenters. The van der Waals surface area contributed by atoms with Gasteiger partial charge in [0.05, 0.1) is 5.69 Å². The molecule has 21 heavy (non-hydrogen) atoms. The molecule has 1 aliphatic heterocycles. The number of rotatable bonds is 2. The van der Waals surface area contributed by atoms with Crippen LogP contribution >= 0.6 is 0 Å². The first kappa shape index (κ1) is 13.5. The van der Waals surface area contributed by atoms with Gasteiger partial charge in [0.15, 0.2) is 6.10 Å². The van der Waals surface area contributed by atoms with E-state index in [4.69, 9.17) is 4.74 Å². The van der Waals surface area contributed by atoms with Crippen molar-refractivity contribution in [3.63, 3.8) is 0 Å². The van der Waals surface area contributed by atoms with E-state index in [-0.39, 0.29) is 11.7 Å². The molecule has 3 rings (SSSR count). The number of benzene rings is 2. The lowest BCUT2D eigenvalue weighted by molar-refractivity contribution is -0.123. The molecule has 0 spiro atoms. The molecule has 1 amide bonds. The van der Waals surface area contributed by atoms with Crippen molar-refractivity contribution in [2.45, 2.75) is 25.9 Å². The van der Waals surface area contributed by atoms with Crippen molar-refractivity contribution < 1.29 is 14.6 Å². The van der Waals surface area contributed by atoms with Gasteiger partial charge >= 0.3 is 0 Å². The zero-order valence-corrected chi connectivity index (χ0v) is 11.8. The van der Waals surface area contributed by atoms with Crippen molar-refractivity contribution in [3.05, 3.63) is 53.6 Å². The monoisotopic (exact) mass is 283 g/mol. The number of ether oxygens (including phenoxy) is 1. The van der Waals surface area contributed by atoms with E-state index in [1.807, 2.05) is 19.1 Å². The topological polar surface area (TPSA) is 58.6 Å². The third kappa shape index (κ3) is 2.84. The molecule has 4 nitrogen and oxygen atoms in total. The number of amides is 1. The summed E-state index contributed by atoms with van der Waals surface area (Å²) in [5.41, 5.74) is 2.73. The first-order valence-corrected chi connectivity index (χ1v) is 6.98. The highest BCUT2D eigenvalue weighted by Gasteiger charge is 2.26. The maximum absolute atomic E-state index is 12.2. The third-order valence-electron chi connectivity index (χ3n) is 3.62. The van der Waals surface area contributed by atoms with Crippen LogP contribution in [0.15, 0.2) is 42.5 Å². The first-order chi connectivity index (χ1) is 10.1. The van der Waals surface area contributed by atoms with Crippen LogP contribution in [0.3, 0.4) is 0 Å². The molecule has 2 aromatic carbocycles. The minimum Gasteiger partial charge on any atom is -0.506 e. The number of hydrogen-bond donors (Lipinski definition) is 2. The Morgan fingerprint density at radius 2 is 2.10 bits per heavy atom. The van der Waals surface area contributed by atoms with Crippen LogP contribution in [0, 0.1) is 6.92 Å². The molecule has 0 aromatic heterocycles. The van der Waals surface area contributed by atoms with Crippen LogP contribution in [0.5, 0.6) is 11.5 Å². The van der Waals surface area contributed by atoms with Crippen molar-refractivity contribution in [1.82, 2.24) is 0 Å². The van der Waals surface area contributed by atoms with E-state index in [1.165, 1.54) is 11.6 Å². The Labute approximate surface area is 123 Å². The molecule has 1 atom stereocenters. The predicted molar refractivity (Wildman–Crippen MR) is 80.7 cm³/mol. The lowest BCUT2D eigenvalue weighted by Gasteiger charge is -2.25. The summed E-state index contributed by atoms with van der Waals surface area (Å²) < 4.78 is 5.77. The van der Waals surface area contributed by atoms with Gasteiger partial charge in [0, 0.05) is 0 Å². The number of anilines is 1. The van der Waals surface area contributed by atoms with Crippen molar-refractivity contribution >= 4 is 11.6 Å². The second-order valence-corrected chi connectivity index (χ2v) is 5.26. The molecule has 0 saturated heterocycles. The minimum absolute atomic E-state index is 0.0534. The van der Waals surface area contributed by atoms with E-state index in [1.54, 1.807) is 18.2 Å². The van der Waals surface area contributed by atoms with Gasteiger partial charge in [-0.15, -0.1) is 0 Å². The molecule has 0 fully saturated rings. The molecule has 2 N–H and O–H groups in total. The molecular weight excluding hydrogens is 266 g/mol. The maximum atomic E-state index is 12.2. The smallest absolute Gasteiger partial charge is 0.265 e. The average Bonchev–Trinajstić information content (AvgIpc) is 2.49. The summed E-state index contributed by atoms with van der Waals surface area (Å²) in [7, 11) is 0. The highest BCUT2D eigenvalue weighted by Crippen LogP contribution is 2.29. The number of aromatic hydroxyl groups is 1. The number of carbonyl (C=O) groups excluding carboxylic acids is 1. The van der Waals surface area contributed by atoms with Crippen LogP contribution in [-0.4, -0.2) is 17.1 Å². The van der Waals surface area contributed by atoms with Gasteiger partial charge in [-0.25, -0.2) is 0 Å². The van der Waals surface area contributed by atoms with Gasteiger partial charge in [0.2, 0.25) is 0 Å². The molecule has 0 aliphatic carbocycles. The van der Waals surface area contributed by atoms with Gasteiger partial charge in [-0.1, -0.05) is 29.8 Å². The Morgan fingerprint density at radius 3 is 2.90 bits per heavy atom. The van der Waals surface area contributed by atoms with E-state index < -0.39 is 6.10 Å². The van der Waals surface area contributed by atoms with Crippen molar-refractivity contribution in [3.8, 4) is 11.5 Å². The third-order valence-corrected chi connectivity index (χ3v) is 3.62. The lowest BCUT2D eigenvalue weighted by atomic mass is 10.00. The second-order valence-electron chi connectivity index (χ2n) is 5.26. The van der Waals surface area contributed by atoms with Crippen LogP contribution in [0.25, 0.3) is 0 Å². The van der Waals surface area contributed by atoms with Crippen molar-refractivity contribution in [2.75, 3.05) is 5.32 Å². The van der Waals surface area contributed by atoms with E-state index in [2.05, 4.69) is 11.4 Å². The Balaban J connectivity index is 1.73. The largest absolute Gasteiger partial charge is 0.506 e. The molecule has 2 aromatic rings. The molecule has 0 radical (unpaired) electrons. The first-order valence-electron chi connectivity index (χ1n) is 6.98. The predicted octanol–water partition coefficient (Wildman–Crippen LogP) is 3.03. The van der Waals surface area contributed by atoms with Gasteiger partial charge in [-0.3, -0.25) is 4.79 Å². The van der Waals surface area contributed by atoms with Gasteiger partial charge in [0.25, 0.3) is 5.91 Å². The number of nitrogens with one attached hydrogen (secondary N) is 1. The van der Waals surface area contributed by atoms with Crippen molar-refractivity contribution in [1.29, 1.82) is 0 Å². The molecule has 0 bridgehead atoms. The second kappa shape index (κ2) is 5.48. The van der Waals surface area contributed by atoms with E-state index in [0.29, 0.717) is 12.1 Å². The van der Waals surface area contributed by atoms with Crippen LogP contribution in [-0.2, 0) is 11.2 Å². The van der Waals surface area contributed by atoms with E-state index in [0.717, 1.165) is 17.7 Å². The average molecular weight is 283 g/mol. The zero-order valence-electron chi connectivity index (χ0n) is 11.8. The fraction of sp³-hybridized carbons (Fsp3) is 0.235. The summed E-state index contributed by atoms with van der Waals surface area (Å²) in [5, 5.41) is 12.4. The highest BCUT2D eigenvalue weighted by atomic mass is 16.5. The number of phenols is 1. The number of carbonyl (C=O) groups is 1. The van der Waals surface area contributed by atoms with Crippen LogP contribution in [0.1, 0.15) is 17.5 Å². The van der Waals surface area contributed by atoms with Gasteiger partial charge in [-0.05, 0) is 43.5 Å². The zero-order chi connectivity index (χ0) is 14.8. The Morgan fingerprint density at radius 1 is 1.29 bits per heavy atom. The van der Waals surface area contributed by atoms with Gasteiger partial charge in [-0.2, -0.15) is 0 Å². The maximum Gasteiger partial charge on any atom is 0.265 e. The Bertz CT molecular complexity index is 681. The fourth-order valence-electron chi connectivity index (χ4n) is 2.49.